The molecule has 0 bridgehead atoms. The lowest BCUT2D eigenvalue weighted by atomic mass is 10.1. The van der Waals surface area contributed by atoms with E-state index in [0.29, 0.717) is 6.61 Å². The smallest absolute Gasteiger partial charge is 0.141 e. The van der Waals surface area contributed by atoms with Crippen LogP contribution in [0.3, 0.4) is 0 Å². The summed E-state index contributed by atoms with van der Waals surface area (Å²) >= 11 is 6.22. The molecule has 0 saturated carbocycles. The van der Waals surface area contributed by atoms with Gasteiger partial charge in [-0.05, 0) is 64.5 Å². The second kappa shape index (κ2) is 6.87. The molecule has 96 valence electrons. The summed E-state index contributed by atoms with van der Waals surface area (Å²) in [5.74, 6) is 0.860. The van der Waals surface area contributed by atoms with Gasteiger partial charge in [0.15, 0.2) is 0 Å². The van der Waals surface area contributed by atoms with Gasteiger partial charge >= 0.3 is 0 Å². The normalized spacial score (nSPS) is 10.9. The molecule has 0 atom stereocenters. The van der Waals surface area contributed by atoms with Crippen LogP contribution < -0.4 is 4.74 Å². The quantitative estimate of drug-likeness (QED) is 0.771. The van der Waals surface area contributed by atoms with Crippen LogP contribution in [0.25, 0.3) is 0 Å². The van der Waals surface area contributed by atoms with Gasteiger partial charge in [0.25, 0.3) is 0 Å². The van der Waals surface area contributed by atoms with Crippen LogP contribution in [0.15, 0.2) is 12.1 Å². The Morgan fingerprint density at radius 1 is 1.29 bits per heavy atom. The van der Waals surface area contributed by atoms with Crippen LogP contribution in [-0.2, 0) is 6.42 Å². The van der Waals surface area contributed by atoms with Crippen molar-refractivity contribution in [3.05, 3.63) is 28.3 Å². The molecule has 0 N–H and O–H groups in total. The molecule has 0 aliphatic heterocycles. The van der Waals surface area contributed by atoms with Crippen molar-refractivity contribution in [1.82, 2.24) is 4.90 Å². The highest BCUT2D eigenvalue weighted by Gasteiger charge is 2.09. The van der Waals surface area contributed by atoms with Crippen LogP contribution in [0.2, 0.25) is 5.02 Å². The molecule has 0 saturated heterocycles. The van der Waals surface area contributed by atoms with Gasteiger partial charge in [0, 0.05) is 0 Å². The molecule has 0 aliphatic rings. The lowest BCUT2D eigenvalue weighted by molar-refractivity contribution is 0.335. The third-order valence-corrected chi connectivity index (χ3v) is 2.89. The number of nitrogens with zero attached hydrogens (tertiary/aromatic N) is 1. The molecule has 0 radical (unpaired) electrons. The molecular formula is C14H22ClNO. The van der Waals surface area contributed by atoms with E-state index in [1.54, 1.807) is 0 Å². The Bertz CT molecular complexity index is 363. The van der Waals surface area contributed by atoms with Gasteiger partial charge in [0.1, 0.15) is 5.75 Å². The monoisotopic (exact) mass is 255 g/mol. The molecule has 0 amide bonds. The molecule has 1 rings (SSSR count). The summed E-state index contributed by atoms with van der Waals surface area (Å²) in [5, 5.41) is 0.728. The van der Waals surface area contributed by atoms with Crippen molar-refractivity contribution in [2.45, 2.75) is 26.7 Å². The molecule has 17 heavy (non-hydrogen) atoms. The van der Waals surface area contributed by atoms with Gasteiger partial charge in [-0.1, -0.05) is 17.7 Å². The summed E-state index contributed by atoms with van der Waals surface area (Å²) in [7, 11) is 4.18. The summed E-state index contributed by atoms with van der Waals surface area (Å²) in [5.41, 5.74) is 2.41. The topological polar surface area (TPSA) is 12.5 Å². The first-order chi connectivity index (χ1) is 8.04. The largest absolute Gasteiger partial charge is 0.492 e. The number of benzene rings is 1. The van der Waals surface area contributed by atoms with Crippen LogP contribution in [0.1, 0.15) is 24.5 Å². The summed E-state index contributed by atoms with van der Waals surface area (Å²) < 4.78 is 5.63. The number of hydrogen-bond donors (Lipinski definition) is 0. The first-order valence-corrected chi connectivity index (χ1v) is 6.49. The lowest BCUT2D eigenvalue weighted by Crippen LogP contribution is -2.13. The van der Waals surface area contributed by atoms with Gasteiger partial charge in [-0.25, -0.2) is 0 Å². The molecule has 0 unspecified atom stereocenters. The zero-order chi connectivity index (χ0) is 12.8. The second-order valence-electron chi connectivity index (χ2n) is 4.57. The first-order valence-electron chi connectivity index (χ1n) is 6.11. The van der Waals surface area contributed by atoms with Crippen LogP contribution in [-0.4, -0.2) is 32.1 Å². The number of aryl methyl sites for hydroxylation is 2. The fraction of sp³-hybridized carbons (Fsp3) is 0.571. The van der Waals surface area contributed by atoms with Crippen molar-refractivity contribution in [1.29, 1.82) is 0 Å². The van der Waals surface area contributed by atoms with Gasteiger partial charge in [0.05, 0.1) is 11.6 Å². The Morgan fingerprint density at radius 2 is 2.00 bits per heavy atom. The number of hydrogen-bond acceptors (Lipinski definition) is 2. The standard InChI is InChI=1S/C14H22ClNO/c1-5-17-14-12(7-6-8-16(3)4)9-11(2)10-13(14)15/h9-10H,5-8H2,1-4H3. The SMILES string of the molecule is CCOc1c(Cl)cc(C)cc1CCCN(C)C. The van der Waals surface area contributed by atoms with Crippen LogP contribution >= 0.6 is 11.6 Å². The maximum Gasteiger partial charge on any atom is 0.141 e. The van der Waals surface area contributed by atoms with Crippen molar-refractivity contribution in [2.75, 3.05) is 27.2 Å². The first kappa shape index (κ1) is 14.3. The van der Waals surface area contributed by atoms with Crippen molar-refractivity contribution in [3.63, 3.8) is 0 Å². The van der Waals surface area contributed by atoms with E-state index in [9.17, 15) is 0 Å². The van der Waals surface area contributed by atoms with E-state index in [0.717, 1.165) is 30.2 Å². The fourth-order valence-electron chi connectivity index (χ4n) is 1.88. The van der Waals surface area contributed by atoms with Gasteiger partial charge in [-0.15, -0.1) is 0 Å². The Labute approximate surface area is 110 Å². The Kier molecular flexibility index (Phi) is 5.79. The molecule has 0 aliphatic carbocycles. The van der Waals surface area contributed by atoms with Crippen LogP contribution in [0.4, 0.5) is 0 Å². The third-order valence-electron chi connectivity index (χ3n) is 2.60. The summed E-state index contributed by atoms with van der Waals surface area (Å²) in [6.45, 7) is 5.79. The van der Waals surface area contributed by atoms with E-state index >= 15 is 0 Å². The Morgan fingerprint density at radius 3 is 2.59 bits per heavy atom. The molecule has 0 aromatic heterocycles. The molecule has 0 fully saturated rings. The van der Waals surface area contributed by atoms with Crippen molar-refractivity contribution in [3.8, 4) is 5.75 Å². The van der Waals surface area contributed by atoms with Crippen molar-refractivity contribution >= 4 is 11.6 Å². The highest BCUT2D eigenvalue weighted by atomic mass is 35.5. The average Bonchev–Trinajstić information content (AvgIpc) is 2.22. The number of halogens is 1. The molecule has 0 heterocycles. The van der Waals surface area contributed by atoms with E-state index in [-0.39, 0.29) is 0 Å². The predicted octanol–water partition coefficient (Wildman–Crippen LogP) is 3.54. The second-order valence-corrected chi connectivity index (χ2v) is 4.98. The third kappa shape index (κ3) is 4.57. The molecule has 3 heteroatoms. The maximum atomic E-state index is 6.22. The lowest BCUT2D eigenvalue weighted by Gasteiger charge is -2.14. The number of rotatable bonds is 6. The van der Waals surface area contributed by atoms with E-state index < -0.39 is 0 Å². The summed E-state index contributed by atoms with van der Waals surface area (Å²) in [6, 6.07) is 4.13. The van der Waals surface area contributed by atoms with E-state index in [1.807, 2.05) is 13.0 Å². The summed E-state index contributed by atoms with van der Waals surface area (Å²) in [6.07, 6.45) is 2.13. The van der Waals surface area contributed by atoms with Crippen molar-refractivity contribution in [2.24, 2.45) is 0 Å². The van der Waals surface area contributed by atoms with Crippen molar-refractivity contribution < 1.29 is 4.74 Å². The van der Waals surface area contributed by atoms with E-state index in [2.05, 4.69) is 32.0 Å². The fourth-order valence-corrected chi connectivity index (χ4v) is 2.23. The Balaban J connectivity index is 2.80. The van der Waals surface area contributed by atoms with Gasteiger partial charge in [0.2, 0.25) is 0 Å². The zero-order valence-electron chi connectivity index (χ0n) is 11.2. The minimum Gasteiger partial charge on any atom is -0.492 e. The minimum absolute atomic E-state index is 0.656. The molecule has 1 aromatic carbocycles. The van der Waals surface area contributed by atoms with E-state index in [1.165, 1.54) is 11.1 Å². The molecular weight excluding hydrogens is 234 g/mol. The highest BCUT2D eigenvalue weighted by molar-refractivity contribution is 6.32. The minimum atomic E-state index is 0.656. The summed E-state index contributed by atoms with van der Waals surface area (Å²) in [4.78, 5) is 2.19. The average molecular weight is 256 g/mol. The zero-order valence-corrected chi connectivity index (χ0v) is 12.0. The van der Waals surface area contributed by atoms with Gasteiger partial charge in [-0.3, -0.25) is 0 Å². The van der Waals surface area contributed by atoms with Crippen LogP contribution in [0.5, 0.6) is 5.75 Å². The number of ether oxygens (including phenoxy) is 1. The Hall–Kier alpha value is -0.730. The maximum absolute atomic E-state index is 6.22. The van der Waals surface area contributed by atoms with E-state index in [4.69, 9.17) is 16.3 Å². The van der Waals surface area contributed by atoms with Gasteiger partial charge in [-0.2, -0.15) is 0 Å². The van der Waals surface area contributed by atoms with Crippen LogP contribution in [0, 0.1) is 6.92 Å². The molecule has 1 aromatic rings. The van der Waals surface area contributed by atoms with Gasteiger partial charge < -0.3 is 9.64 Å². The highest BCUT2D eigenvalue weighted by Crippen LogP contribution is 2.31. The molecule has 0 spiro atoms. The molecule has 2 nitrogen and oxygen atoms in total. The predicted molar refractivity (Wildman–Crippen MR) is 74.2 cm³/mol.